The lowest BCUT2D eigenvalue weighted by atomic mass is 9.97. The van der Waals surface area contributed by atoms with Crippen LogP contribution in [0.3, 0.4) is 0 Å². The summed E-state index contributed by atoms with van der Waals surface area (Å²) in [5.41, 5.74) is 6.06. The molecule has 1 amide bonds. The first-order valence-corrected chi connectivity index (χ1v) is 19.3. The quantitative estimate of drug-likeness (QED) is 0.0916. The first-order valence-electron chi connectivity index (χ1n) is 17.4. The van der Waals surface area contributed by atoms with Gasteiger partial charge in [-0.1, -0.05) is 65.1 Å². The predicted octanol–water partition coefficient (Wildman–Crippen LogP) is 8.11. The first kappa shape index (κ1) is 37.3. The van der Waals surface area contributed by atoms with E-state index in [1.54, 1.807) is 13.2 Å². The summed E-state index contributed by atoms with van der Waals surface area (Å²) in [4.78, 5) is 39.5. The molecule has 0 aliphatic carbocycles. The number of hydrogen-bond donors (Lipinski definition) is 4. The van der Waals surface area contributed by atoms with Gasteiger partial charge in [0.1, 0.15) is 15.7 Å². The second-order valence-corrected chi connectivity index (χ2v) is 15.6. The molecule has 0 unspecified atom stereocenters. The summed E-state index contributed by atoms with van der Waals surface area (Å²) in [6.45, 7) is 5.26. The van der Waals surface area contributed by atoms with E-state index in [0.717, 1.165) is 38.4 Å². The third-order valence-electron chi connectivity index (χ3n) is 9.78. The number of halogens is 3. The number of nitrogens with zero attached hydrogens (tertiary/aromatic N) is 4. The number of carbonyl (C=O) groups excluding carboxylic acids is 1. The van der Waals surface area contributed by atoms with Gasteiger partial charge in [-0.25, -0.2) is 15.0 Å². The van der Waals surface area contributed by atoms with Crippen LogP contribution in [0, 0.1) is 12.8 Å². The number of thiazole rings is 1. The molecule has 53 heavy (non-hydrogen) atoms. The van der Waals surface area contributed by atoms with Gasteiger partial charge in [-0.2, -0.15) is 0 Å². The topological polar surface area (TPSA) is 142 Å². The number of benzene rings is 2. The normalized spacial score (nSPS) is 16.6. The molecule has 3 aromatic heterocycles. The lowest BCUT2D eigenvalue weighted by molar-refractivity contribution is -0.143. The van der Waals surface area contributed by atoms with Crippen LogP contribution < -0.4 is 20.7 Å². The molecule has 7 rings (SSSR count). The Bertz CT molecular complexity index is 2190. The number of carbonyl (C=O) groups is 2. The zero-order chi connectivity index (χ0) is 37.2. The summed E-state index contributed by atoms with van der Waals surface area (Å²) in [7, 11) is 1.60. The molecule has 5 heterocycles. The fourth-order valence-electron chi connectivity index (χ4n) is 6.93. The predicted molar refractivity (Wildman–Crippen MR) is 211 cm³/mol. The molecule has 2 aliphatic rings. The number of carboxylic acid groups (broad SMARTS) is 1. The molecule has 2 aliphatic heterocycles. The number of anilines is 2. The molecule has 4 N–H and O–H groups in total. The SMILES string of the molecule is COc1nc(-c2cccc(-c3cccc(Nc4nc(Cl)cc5sc(CN6CCC(C(=O)O)CC6)nc45)c3Cl)c2Cl)cc(C)c1CNC[C@@H]1CCC(=O)N1. The van der Waals surface area contributed by atoms with Gasteiger partial charge in [0.2, 0.25) is 11.8 Å². The van der Waals surface area contributed by atoms with Crippen LogP contribution in [0.4, 0.5) is 11.5 Å². The number of likely N-dealkylation sites (tertiary alicyclic amines) is 1. The molecule has 2 saturated heterocycles. The largest absolute Gasteiger partial charge is 0.481 e. The van der Waals surface area contributed by atoms with Crippen molar-refractivity contribution in [2.45, 2.75) is 51.7 Å². The molecule has 5 aromatic rings. The summed E-state index contributed by atoms with van der Waals surface area (Å²) in [5, 5.41) is 21.3. The number of aryl methyl sites for hydroxylation is 1. The molecule has 11 nitrogen and oxygen atoms in total. The third-order valence-corrected chi connectivity index (χ3v) is 11.8. The standard InChI is InChI=1S/C38H38Cl3N7O4S/c1-20-15-28(45-37(52-2)26(20)18-42-17-22-9-10-31(49)43-22)25-7-3-5-23(33(25)40)24-6-4-8-27(34(24)41)44-36-35-29(16-30(39)46-36)53-32(47-35)19-48-13-11-21(12-14-48)38(50)51/h3-8,15-16,21-22,42H,9-14,17-19H2,1-2H3,(H,43,49)(H,44,46)(H,50,51)/t22-/m0/s1. The molecule has 2 aromatic carbocycles. The Morgan fingerprint density at radius 1 is 1.02 bits per heavy atom. The molecule has 0 saturated carbocycles. The summed E-state index contributed by atoms with van der Waals surface area (Å²) >= 11 is 22.3. The molecule has 0 bridgehead atoms. The minimum Gasteiger partial charge on any atom is -0.481 e. The van der Waals surface area contributed by atoms with Crippen molar-refractivity contribution < 1.29 is 19.4 Å². The van der Waals surface area contributed by atoms with Gasteiger partial charge < -0.3 is 25.8 Å². The molecule has 1 atom stereocenters. The number of pyridine rings is 2. The van der Waals surface area contributed by atoms with Gasteiger partial charge >= 0.3 is 5.97 Å². The van der Waals surface area contributed by atoms with Crippen LogP contribution in [0.25, 0.3) is 32.6 Å². The fourth-order valence-corrected chi connectivity index (χ4v) is 8.83. The van der Waals surface area contributed by atoms with Gasteiger partial charge in [0.15, 0.2) is 5.82 Å². The Balaban J connectivity index is 1.12. The van der Waals surface area contributed by atoms with Gasteiger partial charge in [0.25, 0.3) is 0 Å². The summed E-state index contributed by atoms with van der Waals surface area (Å²) in [6.07, 6.45) is 2.64. The smallest absolute Gasteiger partial charge is 0.306 e. The third kappa shape index (κ3) is 8.23. The number of methoxy groups -OCH3 is 1. The van der Waals surface area contributed by atoms with E-state index >= 15 is 0 Å². The molecule has 2 fully saturated rings. The lowest BCUT2D eigenvalue weighted by Gasteiger charge is -2.29. The molecule has 276 valence electrons. The number of aromatic nitrogens is 3. The molecule has 0 radical (unpaired) electrons. The van der Waals surface area contributed by atoms with E-state index in [-0.39, 0.29) is 17.9 Å². The van der Waals surface area contributed by atoms with Crippen molar-refractivity contribution in [2.75, 3.05) is 32.1 Å². The van der Waals surface area contributed by atoms with Crippen molar-refractivity contribution in [1.82, 2.24) is 30.5 Å². The van der Waals surface area contributed by atoms with Crippen LogP contribution in [-0.2, 0) is 22.7 Å². The Morgan fingerprint density at radius 3 is 2.47 bits per heavy atom. The number of nitrogens with one attached hydrogen (secondary N) is 3. The first-order chi connectivity index (χ1) is 25.6. The van der Waals surface area contributed by atoms with Crippen LogP contribution >= 0.6 is 46.1 Å². The summed E-state index contributed by atoms with van der Waals surface area (Å²) in [6, 6.07) is 15.4. The van der Waals surface area contributed by atoms with Crippen molar-refractivity contribution in [2.24, 2.45) is 5.92 Å². The second kappa shape index (κ2) is 16.1. The molecular formula is C38H38Cl3N7O4S. The average Bonchev–Trinajstić information content (AvgIpc) is 3.75. The van der Waals surface area contributed by atoms with Gasteiger partial charge in [0, 0.05) is 47.8 Å². The van der Waals surface area contributed by atoms with Crippen molar-refractivity contribution >= 4 is 79.7 Å². The monoisotopic (exact) mass is 793 g/mol. The second-order valence-electron chi connectivity index (χ2n) is 13.3. The Labute approximate surface area is 326 Å². The van der Waals surface area contributed by atoms with Crippen LogP contribution in [0.15, 0.2) is 48.5 Å². The number of fused-ring (bicyclic) bond motifs is 1. The highest BCUT2D eigenvalue weighted by atomic mass is 35.5. The summed E-state index contributed by atoms with van der Waals surface area (Å²) in [5.74, 6) is 0.0563. The summed E-state index contributed by atoms with van der Waals surface area (Å²) < 4.78 is 6.61. The molecule has 0 spiro atoms. The number of amides is 1. The van der Waals surface area contributed by atoms with Gasteiger partial charge in [-0.15, -0.1) is 11.3 Å². The average molecular weight is 795 g/mol. The van der Waals surface area contributed by atoms with E-state index in [1.807, 2.05) is 49.4 Å². The van der Waals surface area contributed by atoms with E-state index in [0.29, 0.717) is 101 Å². The number of piperidine rings is 1. The van der Waals surface area contributed by atoms with E-state index in [2.05, 4.69) is 25.8 Å². The zero-order valence-electron chi connectivity index (χ0n) is 29.1. The van der Waals surface area contributed by atoms with Crippen molar-refractivity contribution in [3.63, 3.8) is 0 Å². The number of aliphatic carboxylic acids is 1. The van der Waals surface area contributed by atoms with Crippen molar-refractivity contribution in [3.05, 3.63) is 79.9 Å². The Kier molecular flexibility index (Phi) is 11.4. The van der Waals surface area contributed by atoms with E-state index in [9.17, 15) is 14.7 Å². The van der Waals surface area contributed by atoms with Gasteiger partial charge in [0.05, 0.1) is 45.7 Å². The van der Waals surface area contributed by atoms with Crippen molar-refractivity contribution in [3.8, 4) is 28.3 Å². The minimum absolute atomic E-state index is 0.0917. The van der Waals surface area contributed by atoms with Crippen LogP contribution in [0.2, 0.25) is 15.2 Å². The fraction of sp³-hybridized carbons (Fsp3) is 0.342. The maximum atomic E-state index is 11.6. The van der Waals surface area contributed by atoms with Crippen molar-refractivity contribution in [1.29, 1.82) is 0 Å². The van der Waals surface area contributed by atoms with Crippen LogP contribution in [-0.4, -0.2) is 69.6 Å². The van der Waals surface area contributed by atoms with Gasteiger partial charge in [-0.3, -0.25) is 14.5 Å². The maximum absolute atomic E-state index is 11.6. The van der Waals surface area contributed by atoms with E-state index in [4.69, 9.17) is 49.5 Å². The van der Waals surface area contributed by atoms with Crippen LogP contribution in [0.1, 0.15) is 41.8 Å². The van der Waals surface area contributed by atoms with Crippen LogP contribution in [0.5, 0.6) is 5.88 Å². The van der Waals surface area contributed by atoms with E-state index < -0.39 is 5.97 Å². The van der Waals surface area contributed by atoms with Gasteiger partial charge in [-0.05, 0) is 63.0 Å². The number of carboxylic acids is 1. The Morgan fingerprint density at radius 2 is 1.75 bits per heavy atom. The highest BCUT2D eigenvalue weighted by Gasteiger charge is 2.26. The number of ether oxygens (including phenoxy) is 1. The van der Waals surface area contributed by atoms with E-state index in [1.165, 1.54) is 11.3 Å². The highest BCUT2D eigenvalue weighted by Crippen LogP contribution is 2.43. The zero-order valence-corrected chi connectivity index (χ0v) is 32.2. The lowest BCUT2D eigenvalue weighted by Crippen LogP contribution is -2.35. The maximum Gasteiger partial charge on any atom is 0.306 e. The highest BCUT2D eigenvalue weighted by molar-refractivity contribution is 7.18. The number of rotatable bonds is 12. The molecular weight excluding hydrogens is 757 g/mol. The molecule has 15 heteroatoms. The minimum atomic E-state index is -0.727. The number of hydrogen-bond acceptors (Lipinski definition) is 10. The Hall–Kier alpha value is -4.04.